The molecule has 1 aromatic rings. The first-order chi connectivity index (χ1) is 9.75. The third-order valence-electron chi connectivity index (χ3n) is 3.73. The predicted molar refractivity (Wildman–Crippen MR) is 86.1 cm³/mol. The van der Waals surface area contributed by atoms with Gasteiger partial charge in [-0.2, -0.15) is 0 Å². The standard InChI is InChI=1S/C15H16N2OS2/c18-14-13(10-11-6-4-5-9-16-11)20-15(19)17(14)12-7-2-1-3-8-12/h4-6,9-10,12H,1-3,7-8H2. The van der Waals surface area contributed by atoms with Crippen LogP contribution in [0.5, 0.6) is 0 Å². The Morgan fingerprint density at radius 2 is 2.10 bits per heavy atom. The number of amides is 1. The van der Waals surface area contributed by atoms with Gasteiger partial charge in [-0.25, -0.2) is 0 Å². The number of hydrogen-bond acceptors (Lipinski definition) is 4. The van der Waals surface area contributed by atoms with Gasteiger partial charge in [-0.15, -0.1) is 0 Å². The molecule has 3 nitrogen and oxygen atoms in total. The minimum atomic E-state index is 0.0533. The van der Waals surface area contributed by atoms with Gasteiger partial charge < -0.3 is 0 Å². The fraction of sp³-hybridized carbons (Fsp3) is 0.400. The van der Waals surface area contributed by atoms with Crippen LogP contribution in [0.25, 0.3) is 6.08 Å². The number of nitrogens with zero attached hydrogens (tertiary/aromatic N) is 2. The van der Waals surface area contributed by atoms with Crippen molar-refractivity contribution in [3.05, 3.63) is 35.0 Å². The molecule has 104 valence electrons. The summed E-state index contributed by atoms with van der Waals surface area (Å²) in [7, 11) is 0. The molecular weight excluding hydrogens is 288 g/mol. The van der Waals surface area contributed by atoms with E-state index >= 15 is 0 Å². The molecule has 1 amide bonds. The summed E-state index contributed by atoms with van der Waals surface area (Å²) in [6, 6.07) is 5.98. The molecule has 5 heteroatoms. The Kier molecular flexibility index (Phi) is 4.17. The van der Waals surface area contributed by atoms with Crippen LogP contribution in [0.1, 0.15) is 37.8 Å². The molecule has 1 saturated heterocycles. The van der Waals surface area contributed by atoms with Gasteiger partial charge in [0.15, 0.2) is 0 Å². The second kappa shape index (κ2) is 6.06. The highest BCUT2D eigenvalue weighted by molar-refractivity contribution is 8.26. The summed E-state index contributed by atoms with van der Waals surface area (Å²) in [6.07, 6.45) is 9.37. The third-order valence-corrected chi connectivity index (χ3v) is 5.06. The van der Waals surface area contributed by atoms with Crippen molar-refractivity contribution in [2.45, 2.75) is 38.1 Å². The molecule has 3 rings (SSSR count). The van der Waals surface area contributed by atoms with Crippen LogP contribution in [0.2, 0.25) is 0 Å². The first-order valence-electron chi connectivity index (χ1n) is 6.94. The van der Waals surface area contributed by atoms with Gasteiger partial charge in [0.1, 0.15) is 4.32 Å². The van der Waals surface area contributed by atoms with Crippen LogP contribution in [-0.2, 0) is 4.79 Å². The third kappa shape index (κ3) is 2.79. The van der Waals surface area contributed by atoms with Gasteiger partial charge in [0.25, 0.3) is 5.91 Å². The molecular formula is C15H16N2OS2. The number of hydrogen-bond donors (Lipinski definition) is 0. The summed E-state index contributed by atoms with van der Waals surface area (Å²) in [5, 5.41) is 0. The molecule has 1 aliphatic heterocycles. The molecule has 0 unspecified atom stereocenters. The number of rotatable bonds is 2. The molecule has 2 aliphatic rings. The Morgan fingerprint density at radius 3 is 2.80 bits per heavy atom. The summed E-state index contributed by atoms with van der Waals surface area (Å²) in [4.78, 5) is 19.3. The molecule has 0 radical (unpaired) electrons. The van der Waals surface area contributed by atoms with Crippen LogP contribution in [0.3, 0.4) is 0 Å². The van der Waals surface area contributed by atoms with Crippen molar-refractivity contribution in [1.82, 2.24) is 9.88 Å². The second-order valence-corrected chi connectivity index (χ2v) is 6.77. The molecule has 1 aliphatic carbocycles. The molecule has 2 heterocycles. The molecule has 0 N–H and O–H groups in total. The lowest BCUT2D eigenvalue weighted by Crippen LogP contribution is -2.39. The van der Waals surface area contributed by atoms with Gasteiger partial charge in [-0.1, -0.05) is 49.3 Å². The van der Waals surface area contributed by atoms with E-state index in [2.05, 4.69) is 4.98 Å². The molecule has 1 saturated carbocycles. The van der Waals surface area contributed by atoms with E-state index in [9.17, 15) is 4.79 Å². The summed E-state index contributed by atoms with van der Waals surface area (Å²) in [5.41, 5.74) is 0.802. The minimum absolute atomic E-state index is 0.0533. The van der Waals surface area contributed by atoms with Crippen molar-refractivity contribution in [3.63, 3.8) is 0 Å². The van der Waals surface area contributed by atoms with Crippen LogP contribution in [0.15, 0.2) is 29.3 Å². The van der Waals surface area contributed by atoms with Crippen molar-refractivity contribution in [2.24, 2.45) is 0 Å². The first kappa shape index (κ1) is 13.8. The normalized spacial score (nSPS) is 22.8. The van der Waals surface area contributed by atoms with E-state index in [-0.39, 0.29) is 5.91 Å². The van der Waals surface area contributed by atoms with E-state index in [4.69, 9.17) is 12.2 Å². The lowest BCUT2D eigenvalue weighted by molar-refractivity contribution is -0.124. The fourth-order valence-corrected chi connectivity index (χ4v) is 4.11. The zero-order valence-electron chi connectivity index (χ0n) is 11.1. The van der Waals surface area contributed by atoms with Gasteiger partial charge in [0.2, 0.25) is 0 Å². The van der Waals surface area contributed by atoms with Gasteiger partial charge in [-0.3, -0.25) is 14.7 Å². The average molecular weight is 304 g/mol. The molecule has 2 fully saturated rings. The molecule has 0 bridgehead atoms. The Hall–Kier alpha value is -1.20. The number of carbonyl (C=O) groups excluding carboxylic acids is 1. The number of thioether (sulfide) groups is 1. The topological polar surface area (TPSA) is 33.2 Å². The van der Waals surface area contributed by atoms with Crippen LogP contribution in [-0.4, -0.2) is 26.2 Å². The van der Waals surface area contributed by atoms with Gasteiger partial charge in [0, 0.05) is 12.2 Å². The van der Waals surface area contributed by atoms with Crippen molar-refractivity contribution < 1.29 is 4.79 Å². The molecule has 0 spiro atoms. The Morgan fingerprint density at radius 1 is 1.30 bits per heavy atom. The van der Waals surface area contributed by atoms with E-state index in [1.807, 2.05) is 29.2 Å². The quantitative estimate of drug-likeness (QED) is 0.617. The monoisotopic (exact) mass is 304 g/mol. The maximum atomic E-state index is 12.5. The molecule has 1 aromatic heterocycles. The first-order valence-corrected chi connectivity index (χ1v) is 8.16. The Labute approximate surface area is 128 Å². The van der Waals surface area contributed by atoms with Crippen LogP contribution in [0, 0.1) is 0 Å². The van der Waals surface area contributed by atoms with Crippen LogP contribution >= 0.6 is 24.0 Å². The largest absolute Gasteiger partial charge is 0.290 e. The minimum Gasteiger partial charge on any atom is -0.290 e. The highest BCUT2D eigenvalue weighted by Gasteiger charge is 2.37. The highest BCUT2D eigenvalue weighted by atomic mass is 32.2. The zero-order chi connectivity index (χ0) is 13.9. The maximum absolute atomic E-state index is 12.5. The summed E-state index contributed by atoms with van der Waals surface area (Å²) >= 11 is 6.80. The summed E-state index contributed by atoms with van der Waals surface area (Å²) in [5.74, 6) is 0.0533. The summed E-state index contributed by atoms with van der Waals surface area (Å²) < 4.78 is 0.698. The number of thiocarbonyl (C=S) groups is 1. The van der Waals surface area contributed by atoms with Gasteiger partial charge in [-0.05, 0) is 31.1 Å². The van der Waals surface area contributed by atoms with E-state index in [1.54, 1.807) is 6.20 Å². The van der Waals surface area contributed by atoms with Crippen molar-refractivity contribution >= 4 is 40.3 Å². The van der Waals surface area contributed by atoms with E-state index in [1.165, 1.54) is 31.0 Å². The lowest BCUT2D eigenvalue weighted by Gasteiger charge is -2.29. The molecule has 0 aromatic carbocycles. The maximum Gasteiger partial charge on any atom is 0.266 e. The van der Waals surface area contributed by atoms with Gasteiger partial charge >= 0.3 is 0 Å². The number of aromatic nitrogens is 1. The Bertz CT molecular complexity index is 550. The zero-order valence-corrected chi connectivity index (χ0v) is 12.8. The van der Waals surface area contributed by atoms with Crippen LogP contribution in [0.4, 0.5) is 0 Å². The van der Waals surface area contributed by atoms with Crippen molar-refractivity contribution in [3.8, 4) is 0 Å². The average Bonchev–Trinajstić information content (AvgIpc) is 2.75. The van der Waals surface area contributed by atoms with Crippen molar-refractivity contribution in [2.75, 3.05) is 0 Å². The van der Waals surface area contributed by atoms with E-state index in [0.29, 0.717) is 15.3 Å². The molecule has 0 atom stereocenters. The summed E-state index contributed by atoms with van der Waals surface area (Å²) in [6.45, 7) is 0. The smallest absolute Gasteiger partial charge is 0.266 e. The molecule has 20 heavy (non-hydrogen) atoms. The second-order valence-electron chi connectivity index (χ2n) is 5.10. The van der Waals surface area contributed by atoms with E-state index in [0.717, 1.165) is 18.5 Å². The SMILES string of the molecule is O=C1C(=Cc2ccccn2)SC(=S)N1C1CCCCC1. The fourth-order valence-electron chi connectivity index (χ4n) is 2.73. The number of carbonyl (C=O) groups is 1. The van der Waals surface area contributed by atoms with Crippen molar-refractivity contribution in [1.29, 1.82) is 0 Å². The number of pyridine rings is 1. The predicted octanol–water partition coefficient (Wildman–Crippen LogP) is 3.62. The Balaban J connectivity index is 1.81. The highest BCUT2D eigenvalue weighted by Crippen LogP contribution is 2.36. The lowest BCUT2D eigenvalue weighted by atomic mass is 9.94. The van der Waals surface area contributed by atoms with Crippen LogP contribution < -0.4 is 0 Å². The van der Waals surface area contributed by atoms with E-state index < -0.39 is 0 Å². The van der Waals surface area contributed by atoms with Gasteiger partial charge in [0.05, 0.1) is 10.6 Å².